The molecule has 10 heteroatoms. The van der Waals surface area contributed by atoms with Crippen LogP contribution in [0.15, 0.2) is 36.5 Å². The van der Waals surface area contributed by atoms with Crippen LogP contribution < -0.4 is 15.7 Å². The van der Waals surface area contributed by atoms with E-state index in [4.69, 9.17) is 5.21 Å². The first kappa shape index (κ1) is 20.6. The molecule has 3 amide bonds. The van der Waals surface area contributed by atoms with E-state index in [0.717, 1.165) is 16.9 Å². The van der Waals surface area contributed by atoms with E-state index in [-0.39, 0.29) is 0 Å². The maximum atomic E-state index is 12.4. The summed E-state index contributed by atoms with van der Waals surface area (Å²) in [6.07, 6.45) is 0.630. The molecule has 1 aliphatic rings. The van der Waals surface area contributed by atoms with Crippen molar-refractivity contribution >= 4 is 17.6 Å². The zero-order valence-electron chi connectivity index (χ0n) is 16.4. The first-order valence-corrected chi connectivity index (χ1v) is 9.41. The number of amides is 3. The lowest BCUT2D eigenvalue weighted by Crippen LogP contribution is -2.58. The Balaban J connectivity index is 1.57. The van der Waals surface area contributed by atoms with E-state index in [1.165, 1.54) is 12.4 Å². The normalized spacial score (nSPS) is 16.3. The second-order valence-corrected chi connectivity index (χ2v) is 7.00. The van der Waals surface area contributed by atoms with Crippen LogP contribution in [0.5, 0.6) is 0 Å². The number of piperazine rings is 1. The van der Waals surface area contributed by atoms with E-state index in [1.807, 2.05) is 42.1 Å². The number of hydrogen-bond acceptors (Lipinski definition) is 6. The van der Waals surface area contributed by atoms with Gasteiger partial charge >= 0.3 is 6.03 Å². The number of nitrogens with one attached hydrogen (secondary N) is 2. The van der Waals surface area contributed by atoms with E-state index >= 15 is 0 Å². The number of benzene rings is 1. The van der Waals surface area contributed by atoms with Crippen LogP contribution in [-0.2, 0) is 11.8 Å². The number of carbonyl (C=O) groups excluding carboxylic acids is 2. The van der Waals surface area contributed by atoms with E-state index in [0.29, 0.717) is 26.2 Å². The maximum Gasteiger partial charge on any atom is 0.318 e. The third-order valence-corrected chi connectivity index (χ3v) is 5.07. The lowest BCUT2D eigenvalue weighted by atomic mass is 10.1. The first-order valence-electron chi connectivity index (χ1n) is 9.41. The highest BCUT2D eigenvalue weighted by molar-refractivity contribution is 5.87. The van der Waals surface area contributed by atoms with Gasteiger partial charge in [-0.3, -0.25) is 14.7 Å². The van der Waals surface area contributed by atoms with E-state index in [9.17, 15) is 14.7 Å². The Morgan fingerprint density at radius 3 is 2.28 bits per heavy atom. The number of aryl methyl sites for hydroxylation is 1. The van der Waals surface area contributed by atoms with Gasteiger partial charge in [0.15, 0.2) is 0 Å². The average molecular weight is 402 g/mol. The first-order chi connectivity index (χ1) is 13.9. The van der Waals surface area contributed by atoms with E-state index < -0.39 is 24.1 Å². The van der Waals surface area contributed by atoms with Crippen LogP contribution in [0.3, 0.4) is 0 Å². The van der Waals surface area contributed by atoms with Crippen LogP contribution in [0.2, 0.25) is 0 Å². The molecule has 0 bridgehead atoms. The molecule has 1 fully saturated rings. The predicted octanol–water partition coefficient (Wildman–Crippen LogP) is 0.174. The molecule has 2 heterocycles. The molecule has 4 N–H and O–H groups in total. The SMILES string of the molecule is C[C@@H](O)[C@H](NC(=O)N1CCN(c2ccc(-c3ccnn3C)cc2)CC1)C(=O)NO. The Morgan fingerprint density at radius 1 is 1.10 bits per heavy atom. The molecule has 1 saturated heterocycles. The molecule has 10 nitrogen and oxygen atoms in total. The number of carbonyl (C=O) groups is 2. The van der Waals surface area contributed by atoms with Gasteiger partial charge in [-0.25, -0.2) is 10.3 Å². The number of anilines is 1. The molecule has 1 aliphatic heterocycles. The average Bonchev–Trinajstić information content (AvgIpc) is 3.17. The maximum absolute atomic E-state index is 12.4. The van der Waals surface area contributed by atoms with Gasteiger partial charge in [0.1, 0.15) is 6.04 Å². The summed E-state index contributed by atoms with van der Waals surface area (Å²) < 4.78 is 1.82. The number of aromatic nitrogens is 2. The fourth-order valence-electron chi connectivity index (χ4n) is 3.37. The van der Waals surface area contributed by atoms with Gasteiger partial charge in [-0.1, -0.05) is 12.1 Å². The summed E-state index contributed by atoms with van der Waals surface area (Å²) in [6.45, 7) is 3.60. The highest BCUT2D eigenvalue weighted by atomic mass is 16.5. The van der Waals surface area contributed by atoms with Gasteiger partial charge in [0.05, 0.1) is 11.8 Å². The molecule has 156 valence electrons. The minimum atomic E-state index is -1.22. The molecule has 0 saturated carbocycles. The van der Waals surface area contributed by atoms with Crippen molar-refractivity contribution in [2.75, 3.05) is 31.1 Å². The molecule has 2 atom stereocenters. The Bertz CT molecular complexity index is 843. The molecule has 1 aromatic heterocycles. The summed E-state index contributed by atoms with van der Waals surface area (Å²) in [4.78, 5) is 27.7. The fraction of sp³-hybridized carbons (Fsp3) is 0.421. The molecule has 3 rings (SSSR count). The molecule has 29 heavy (non-hydrogen) atoms. The van der Waals surface area contributed by atoms with Crippen LogP contribution >= 0.6 is 0 Å². The summed E-state index contributed by atoms with van der Waals surface area (Å²) in [5, 5.41) is 25.0. The van der Waals surface area contributed by atoms with Crippen molar-refractivity contribution in [2.24, 2.45) is 7.05 Å². The molecular weight excluding hydrogens is 376 g/mol. The summed E-state index contributed by atoms with van der Waals surface area (Å²) in [5.74, 6) is -0.861. The topological polar surface area (TPSA) is 123 Å². The van der Waals surface area contributed by atoms with Crippen molar-refractivity contribution < 1.29 is 19.9 Å². The van der Waals surface area contributed by atoms with Gasteiger partial charge in [-0.05, 0) is 30.7 Å². The van der Waals surface area contributed by atoms with Crippen LogP contribution in [0.1, 0.15) is 6.92 Å². The number of aliphatic hydroxyl groups is 1. The zero-order chi connectivity index (χ0) is 21.0. The largest absolute Gasteiger partial charge is 0.391 e. The van der Waals surface area contributed by atoms with Crippen LogP contribution in [0.4, 0.5) is 10.5 Å². The number of hydrogen-bond donors (Lipinski definition) is 4. The molecule has 0 spiro atoms. The summed E-state index contributed by atoms with van der Waals surface area (Å²) in [5.41, 5.74) is 4.64. The second-order valence-electron chi connectivity index (χ2n) is 7.00. The number of hydroxylamine groups is 1. The van der Waals surface area contributed by atoms with Gasteiger partial charge in [-0.15, -0.1) is 0 Å². The van der Waals surface area contributed by atoms with E-state index in [2.05, 4.69) is 15.3 Å². The molecular formula is C19H26N6O4. The summed E-state index contributed by atoms with van der Waals surface area (Å²) >= 11 is 0. The number of urea groups is 1. The lowest BCUT2D eigenvalue weighted by molar-refractivity contribution is -0.133. The van der Waals surface area contributed by atoms with Gasteiger partial charge < -0.3 is 20.2 Å². The van der Waals surface area contributed by atoms with Crippen molar-refractivity contribution in [3.05, 3.63) is 36.5 Å². The third kappa shape index (κ3) is 4.66. The predicted molar refractivity (Wildman–Crippen MR) is 106 cm³/mol. The minimum absolute atomic E-state index is 0.453. The Labute approximate surface area is 168 Å². The second kappa shape index (κ2) is 8.93. The number of rotatable bonds is 5. The van der Waals surface area contributed by atoms with Gasteiger partial charge in [0.2, 0.25) is 0 Å². The zero-order valence-corrected chi connectivity index (χ0v) is 16.4. The van der Waals surface area contributed by atoms with Crippen molar-refractivity contribution in [1.82, 2.24) is 25.5 Å². The monoisotopic (exact) mass is 402 g/mol. The van der Waals surface area contributed by atoms with Crippen molar-refractivity contribution in [1.29, 1.82) is 0 Å². The van der Waals surface area contributed by atoms with Gasteiger partial charge in [0.25, 0.3) is 5.91 Å². The van der Waals surface area contributed by atoms with Crippen LogP contribution in [0.25, 0.3) is 11.3 Å². The highest BCUT2D eigenvalue weighted by Gasteiger charge is 2.29. The summed E-state index contributed by atoms with van der Waals surface area (Å²) in [7, 11) is 1.90. The summed E-state index contributed by atoms with van der Waals surface area (Å²) in [6, 6.07) is 8.48. The van der Waals surface area contributed by atoms with E-state index in [1.54, 1.807) is 11.1 Å². The quantitative estimate of drug-likeness (QED) is 0.418. The van der Waals surface area contributed by atoms with Gasteiger partial charge in [0, 0.05) is 45.1 Å². The smallest absolute Gasteiger partial charge is 0.318 e. The molecule has 0 radical (unpaired) electrons. The van der Waals surface area contributed by atoms with Crippen LogP contribution in [-0.4, -0.2) is 75.3 Å². The lowest BCUT2D eigenvalue weighted by Gasteiger charge is -2.36. The molecule has 2 aromatic rings. The fourth-order valence-corrected chi connectivity index (χ4v) is 3.37. The number of nitrogens with zero attached hydrogens (tertiary/aromatic N) is 4. The van der Waals surface area contributed by atoms with Crippen molar-refractivity contribution in [3.63, 3.8) is 0 Å². The van der Waals surface area contributed by atoms with Crippen molar-refractivity contribution in [2.45, 2.75) is 19.1 Å². The minimum Gasteiger partial charge on any atom is -0.391 e. The third-order valence-electron chi connectivity index (χ3n) is 5.07. The Morgan fingerprint density at radius 2 is 1.76 bits per heavy atom. The van der Waals surface area contributed by atoms with Crippen molar-refractivity contribution in [3.8, 4) is 11.3 Å². The number of aliphatic hydroxyl groups excluding tert-OH is 1. The standard InChI is InChI=1S/C19H26N6O4/c1-13(26)17(18(27)22-29)21-19(28)25-11-9-24(10-12-25)15-5-3-14(4-6-15)16-7-8-20-23(16)2/h3-8,13,17,26,29H,9-12H2,1-2H3,(H,21,28)(H,22,27)/t13-,17+/m1/s1. The Kier molecular flexibility index (Phi) is 6.35. The van der Waals surface area contributed by atoms with Gasteiger partial charge in [-0.2, -0.15) is 5.10 Å². The highest BCUT2D eigenvalue weighted by Crippen LogP contribution is 2.23. The Hall–Kier alpha value is -3.11. The molecule has 1 aromatic carbocycles. The molecule has 0 aliphatic carbocycles. The van der Waals surface area contributed by atoms with Crippen LogP contribution in [0, 0.1) is 0 Å². The molecule has 0 unspecified atom stereocenters.